The second kappa shape index (κ2) is 6.99. The van der Waals surface area contributed by atoms with Crippen LogP contribution in [0.3, 0.4) is 0 Å². The van der Waals surface area contributed by atoms with Crippen LogP contribution in [-0.2, 0) is 11.2 Å². The number of benzene rings is 2. The lowest BCUT2D eigenvalue weighted by Gasteiger charge is -2.48. The first kappa shape index (κ1) is 18.6. The highest BCUT2D eigenvalue weighted by molar-refractivity contribution is 6.31. The summed E-state index contributed by atoms with van der Waals surface area (Å²) in [5.41, 5.74) is 2.82. The minimum Gasteiger partial charge on any atom is -0.359 e. The number of carbonyl (C=O) groups is 2. The van der Waals surface area contributed by atoms with Gasteiger partial charge in [-0.1, -0.05) is 41.9 Å². The fraction of sp³-hybridized carbons (Fsp3) is 0.273. The number of halogens is 1. The van der Waals surface area contributed by atoms with E-state index in [1.807, 2.05) is 49.4 Å². The van der Waals surface area contributed by atoms with Gasteiger partial charge in [-0.2, -0.15) is 0 Å². The summed E-state index contributed by atoms with van der Waals surface area (Å²) >= 11 is 6.09. The Morgan fingerprint density at radius 2 is 1.89 bits per heavy atom. The second-order valence-electron chi connectivity index (χ2n) is 7.50. The molecule has 0 unspecified atom stereocenters. The fourth-order valence-electron chi connectivity index (χ4n) is 4.09. The van der Waals surface area contributed by atoms with Gasteiger partial charge in [0.25, 0.3) is 5.91 Å². The van der Waals surface area contributed by atoms with E-state index in [0.29, 0.717) is 30.2 Å². The zero-order chi connectivity index (χ0) is 19.9. The fourth-order valence-corrected chi connectivity index (χ4v) is 4.26. The highest BCUT2D eigenvalue weighted by Crippen LogP contribution is 2.36. The first-order valence-corrected chi connectivity index (χ1v) is 9.64. The largest absolute Gasteiger partial charge is 0.359 e. The summed E-state index contributed by atoms with van der Waals surface area (Å²) < 4.78 is 0. The Hall–Kier alpha value is -2.79. The summed E-state index contributed by atoms with van der Waals surface area (Å²) in [6.45, 7) is 2.71. The van der Waals surface area contributed by atoms with Crippen LogP contribution in [0.2, 0.25) is 5.02 Å². The standard InChI is InChI=1S/C22H22ClN3O2/c1-14-17-10-16(23)8-9-18(17)25-19(14)20(27)26-12-22(13-26,21(28)24-2)11-15-6-4-3-5-7-15/h3-10,25H,11-13H2,1-2H3,(H,24,28). The average Bonchev–Trinajstić information content (AvgIpc) is 3.00. The predicted octanol–water partition coefficient (Wildman–Crippen LogP) is 3.56. The Kier molecular flexibility index (Phi) is 4.63. The molecule has 0 bridgehead atoms. The minimum absolute atomic E-state index is 0.0273. The molecule has 144 valence electrons. The van der Waals surface area contributed by atoms with E-state index in [-0.39, 0.29) is 11.8 Å². The van der Waals surface area contributed by atoms with Gasteiger partial charge >= 0.3 is 0 Å². The molecule has 6 heteroatoms. The number of rotatable bonds is 4. The molecule has 2 heterocycles. The molecule has 4 rings (SSSR count). The lowest BCUT2D eigenvalue weighted by Crippen LogP contribution is -2.65. The molecule has 2 N–H and O–H groups in total. The number of H-pyrrole nitrogens is 1. The Balaban J connectivity index is 1.57. The van der Waals surface area contributed by atoms with Gasteiger partial charge in [-0.05, 0) is 42.7 Å². The quantitative estimate of drug-likeness (QED) is 0.709. The van der Waals surface area contributed by atoms with E-state index >= 15 is 0 Å². The number of likely N-dealkylation sites (tertiary alicyclic amines) is 1. The van der Waals surface area contributed by atoms with Crippen molar-refractivity contribution in [2.45, 2.75) is 13.3 Å². The van der Waals surface area contributed by atoms with Crippen LogP contribution in [0.5, 0.6) is 0 Å². The van der Waals surface area contributed by atoms with E-state index in [1.54, 1.807) is 18.0 Å². The molecule has 1 fully saturated rings. The normalized spacial score (nSPS) is 15.3. The highest BCUT2D eigenvalue weighted by atomic mass is 35.5. The van der Waals surface area contributed by atoms with Crippen LogP contribution in [0, 0.1) is 12.3 Å². The van der Waals surface area contributed by atoms with Crippen LogP contribution in [0.1, 0.15) is 21.6 Å². The van der Waals surface area contributed by atoms with Gasteiger partial charge in [0.05, 0.1) is 5.41 Å². The number of fused-ring (bicyclic) bond motifs is 1. The average molecular weight is 396 g/mol. The molecule has 1 aliphatic heterocycles. The molecule has 0 atom stereocenters. The van der Waals surface area contributed by atoms with Gasteiger partial charge in [-0.15, -0.1) is 0 Å². The van der Waals surface area contributed by atoms with Gasteiger partial charge in [-0.25, -0.2) is 0 Å². The molecule has 1 saturated heterocycles. The SMILES string of the molecule is CNC(=O)C1(Cc2ccccc2)CN(C(=O)c2[nH]c3ccc(Cl)cc3c2C)C1. The maximum atomic E-state index is 13.1. The number of hydrogen-bond acceptors (Lipinski definition) is 2. The lowest BCUT2D eigenvalue weighted by atomic mass is 9.73. The maximum Gasteiger partial charge on any atom is 0.270 e. The number of aromatic amines is 1. The molecule has 2 aromatic carbocycles. The third-order valence-electron chi connectivity index (χ3n) is 5.60. The van der Waals surface area contributed by atoms with Gasteiger partial charge in [-0.3, -0.25) is 9.59 Å². The highest BCUT2D eigenvalue weighted by Gasteiger charge is 2.51. The van der Waals surface area contributed by atoms with Crippen LogP contribution in [0.4, 0.5) is 0 Å². The molecule has 1 aromatic heterocycles. The van der Waals surface area contributed by atoms with Crippen molar-refractivity contribution in [2.75, 3.05) is 20.1 Å². The first-order chi connectivity index (χ1) is 13.4. The monoisotopic (exact) mass is 395 g/mol. The van der Waals surface area contributed by atoms with Crippen molar-refractivity contribution < 1.29 is 9.59 Å². The maximum absolute atomic E-state index is 13.1. The number of nitrogens with zero attached hydrogens (tertiary/aromatic N) is 1. The zero-order valence-corrected chi connectivity index (χ0v) is 16.6. The summed E-state index contributed by atoms with van der Waals surface area (Å²) in [5, 5.41) is 4.35. The summed E-state index contributed by atoms with van der Waals surface area (Å²) in [5.74, 6) is -0.113. The number of amides is 2. The zero-order valence-electron chi connectivity index (χ0n) is 15.9. The molecule has 3 aromatic rings. The lowest BCUT2D eigenvalue weighted by molar-refractivity contribution is -0.138. The molecule has 0 saturated carbocycles. The van der Waals surface area contributed by atoms with Crippen molar-refractivity contribution in [3.05, 3.63) is 70.4 Å². The number of aromatic nitrogens is 1. The molecule has 0 spiro atoms. The Morgan fingerprint density at radius 3 is 2.57 bits per heavy atom. The van der Waals surface area contributed by atoms with Crippen LogP contribution in [0.15, 0.2) is 48.5 Å². The molecule has 28 heavy (non-hydrogen) atoms. The molecular formula is C22H22ClN3O2. The number of nitrogens with one attached hydrogen (secondary N) is 2. The molecule has 0 radical (unpaired) electrons. The van der Waals surface area contributed by atoms with E-state index in [4.69, 9.17) is 11.6 Å². The van der Waals surface area contributed by atoms with Crippen LogP contribution in [-0.4, -0.2) is 41.8 Å². The van der Waals surface area contributed by atoms with Crippen molar-refractivity contribution in [1.29, 1.82) is 0 Å². The minimum atomic E-state index is -0.588. The predicted molar refractivity (Wildman–Crippen MR) is 111 cm³/mol. The van der Waals surface area contributed by atoms with Gasteiger partial charge in [0, 0.05) is 36.1 Å². The van der Waals surface area contributed by atoms with Crippen LogP contribution < -0.4 is 5.32 Å². The number of hydrogen-bond donors (Lipinski definition) is 2. The smallest absolute Gasteiger partial charge is 0.270 e. The second-order valence-corrected chi connectivity index (χ2v) is 7.93. The summed E-state index contributed by atoms with van der Waals surface area (Å²) in [7, 11) is 1.64. The topological polar surface area (TPSA) is 65.2 Å². The summed E-state index contributed by atoms with van der Waals surface area (Å²) in [6, 6.07) is 15.5. The Bertz CT molecular complexity index is 1050. The van der Waals surface area contributed by atoms with E-state index in [2.05, 4.69) is 10.3 Å². The molecule has 2 amide bonds. The third kappa shape index (κ3) is 3.06. The first-order valence-electron chi connectivity index (χ1n) is 9.27. The van der Waals surface area contributed by atoms with Gasteiger partial charge in [0.2, 0.25) is 5.91 Å². The van der Waals surface area contributed by atoms with E-state index in [1.165, 1.54) is 0 Å². The Labute approximate surface area is 168 Å². The summed E-state index contributed by atoms with van der Waals surface area (Å²) in [6.07, 6.45) is 0.610. The van der Waals surface area contributed by atoms with E-state index < -0.39 is 5.41 Å². The van der Waals surface area contributed by atoms with Crippen molar-refractivity contribution in [3.63, 3.8) is 0 Å². The van der Waals surface area contributed by atoms with Crippen LogP contribution in [0.25, 0.3) is 10.9 Å². The molecule has 0 aliphatic carbocycles. The van der Waals surface area contributed by atoms with Crippen LogP contribution >= 0.6 is 11.6 Å². The van der Waals surface area contributed by atoms with Crippen molar-refractivity contribution in [3.8, 4) is 0 Å². The van der Waals surface area contributed by atoms with E-state index in [0.717, 1.165) is 22.0 Å². The van der Waals surface area contributed by atoms with Crippen molar-refractivity contribution in [2.24, 2.45) is 5.41 Å². The van der Waals surface area contributed by atoms with Gasteiger partial charge in [0.1, 0.15) is 5.69 Å². The van der Waals surface area contributed by atoms with E-state index in [9.17, 15) is 9.59 Å². The number of aryl methyl sites for hydroxylation is 1. The Morgan fingerprint density at radius 1 is 1.18 bits per heavy atom. The van der Waals surface area contributed by atoms with Crippen molar-refractivity contribution in [1.82, 2.24) is 15.2 Å². The third-order valence-corrected chi connectivity index (χ3v) is 5.84. The van der Waals surface area contributed by atoms with Gasteiger partial charge in [0.15, 0.2) is 0 Å². The molecule has 5 nitrogen and oxygen atoms in total. The molecular weight excluding hydrogens is 374 g/mol. The molecule has 1 aliphatic rings. The van der Waals surface area contributed by atoms with Gasteiger partial charge < -0.3 is 15.2 Å². The number of carbonyl (C=O) groups excluding carboxylic acids is 2. The van der Waals surface area contributed by atoms with Crippen molar-refractivity contribution >= 4 is 34.3 Å². The summed E-state index contributed by atoms with van der Waals surface area (Å²) in [4.78, 5) is 30.6.